The van der Waals surface area contributed by atoms with Crippen LogP contribution in [0.2, 0.25) is 0 Å². The van der Waals surface area contributed by atoms with Crippen LogP contribution in [0.1, 0.15) is 23.0 Å². The van der Waals surface area contributed by atoms with E-state index in [-0.39, 0.29) is 23.5 Å². The molecule has 0 unspecified atom stereocenters. The van der Waals surface area contributed by atoms with Crippen molar-refractivity contribution in [3.63, 3.8) is 0 Å². The van der Waals surface area contributed by atoms with E-state index in [1.54, 1.807) is 25.1 Å². The van der Waals surface area contributed by atoms with Crippen LogP contribution in [0, 0.1) is 11.7 Å². The second-order valence-corrected chi connectivity index (χ2v) is 6.58. The lowest BCUT2D eigenvalue weighted by Gasteiger charge is -2.08. The van der Waals surface area contributed by atoms with Gasteiger partial charge in [0.25, 0.3) is 5.91 Å². The number of rotatable bonds is 5. The summed E-state index contributed by atoms with van der Waals surface area (Å²) in [4.78, 5) is 25.2. The van der Waals surface area contributed by atoms with E-state index in [2.05, 4.69) is 15.8 Å². The Bertz CT molecular complexity index is 798. The minimum atomic E-state index is -0.289. The molecule has 2 heterocycles. The van der Waals surface area contributed by atoms with E-state index in [0.717, 1.165) is 16.2 Å². The highest BCUT2D eigenvalue weighted by Gasteiger charge is 2.26. The van der Waals surface area contributed by atoms with Crippen LogP contribution in [0.3, 0.4) is 0 Å². The van der Waals surface area contributed by atoms with Gasteiger partial charge in [-0.05, 0) is 43.2 Å². The smallest absolute Gasteiger partial charge is 0.261 e. The SMILES string of the molecule is CC1=NNC(=O)[C@@H]1CCNC(=O)c1ccc(-c2ccc(F)cc2)s1. The van der Waals surface area contributed by atoms with Crippen molar-refractivity contribution in [2.75, 3.05) is 6.54 Å². The number of nitrogens with zero attached hydrogens (tertiary/aromatic N) is 1. The largest absolute Gasteiger partial charge is 0.351 e. The Hall–Kier alpha value is -2.54. The molecule has 2 aromatic rings. The molecule has 0 saturated carbocycles. The lowest BCUT2D eigenvalue weighted by atomic mass is 10.0. The summed E-state index contributed by atoms with van der Waals surface area (Å²) in [5.74, 6) is -0.871. The third kappa shape index (κ3) is 3.51. The van der Waals surface area contributed by atoms with Gasteiger partial charge in [-0.3, -0.25) is 9.59 Å². The highest BCUT2D eigenvalue weighted by atomic mass is 32.1. The van der Waals surface area contributed by atoms with Gasteiger partial charge in [0, 0.05) is 17.1 Å². The molecule has 7 heteroatoms. The van der Waals surface area contributed by atoms with E-state index in [4.69, 9.17) is 0 Å². The van der Waals surface area contributed by atoms with Crippen LogP contribution >= 0.6 is 11.3 Å². The maximum atomic E-state index is 13.0. The average Bonchev–Trinajstić information content (AvgIpc) is 3.17. The van der Waals surface area contributed by atoms with Gasteiger partial charge in [0.1, 0.15) is 5.82 Å². The van der Waals surface area contributed by atoms with Crippen molar-refractivity contribution in [2.45, 2.75) is 13.3 Å². The molecule has 1 aliphatic rings. The van der Waals surface area contributed by atoms with Gasteiger partial charge in [-0.25, -0.2) is 9.82 Å². The van der Waals surface area contributed by atoms with Crippen LogP contribution in [0.4, 0.5) is 4.39 Å². The number of thiophene rings is 1. The minimum absolute atomic E-state index is 0.128. The standard InChI is InChI=1S/C17H16FN3O2S/c1-10-13(16(22)21-20-10)8-9-19-17(23)15-7-6-14(24-15)11-2-4-12(18)5-3-11/h2-7,13H,8-9H2,1H3,(H,19,23)(H,21,22)/t13-/m1/s1. The number of amides is 2. The van der Waals surface area contributed by atoms with Crippen molar-refractivity contribution < 1.29 is 14.0 Å². The molecule has 0 spiro atoms. The third-order valence-corrected chi connectivity index (χ3v) is 4.97. The van der Waals surface area contributed by atoms with Crippen LogP contribution in [0.25, 0.3) is 10.4 Å². The molecule has 0 aliphatic carbocycles. The maximum Gasteiger partial charge on any atom is 0.261 e. The third-order valence-electron chi connectivity index (χ3n) is 3.84. The summed E-state index contributed by atoms with van der Waals surface area (Å²) in [5.41, 5.74) is 4.04. The van der Waals surface area contributed by atoms with Crippen molar-refractivity contribution in [3.8, 4) is 10.4 Å². The zero-order valence-corrected chi connectivity index (χ0v) is 13.8. The first-order valence-electron chi connectivity index (χ1n) is 7.52. The van der Waals surface area contributed by atoms with Crippen LogP contribution < -0.4 is 10.7 Å². The number of halogens is 1. The van der Waals surface area contributed by atoms with Crippen LogP contribution in [0.15, 0.2) is 41.5 Å². The first-order valence-corrected chi connectivity index (χ1v) is 8.34. The number of hydrogen-bond acceptors (Lipinski definition) is 4. The second-order valence-electron chi connectivity index (χ2n) is 5.50. The maximum absolute atomic E-state index is 13.0. The number of carbonyl (C=O) groups excluding carboxylic acids is 2. The zero-order chi connectivity index (χ0) is 17.1. The fraction of sp³-hybridized carbons (Fsp3) is 0.235. The molecular weight excluding hydrogens is 329 g/mol. The van der Waals surface area contributed by atoms with E-state index in [1.807, 2.05) is 6.07 Å². The molecule has 2 amide bonds. The molecule has 124 valence electrons. The summed E-state index contributed by atoms with van der Waals surface area (Å²) in [5, 5.41) is 6.69. The van der Waals surface area contributed by atoms with Gasteiger partial charge in [-0.15, -0.1) is 11.3 Å². The fourth-order valence-electron chi connectivity index (χ4n) is 2.48. The summed E-state index contributed by atoms with van der Waals surface area (Å²) in [6, 6.07) is 9.74. The molecule has 0 bridgehead atoms. The molecule has 2 N–H and O–H groups in total. The first kappa shape index (κ1) is 16.3. The summed E-state index contributed by atoms with van der Waals surface area (Å²) < 4.78 is 13.0. The molecular formula is C17H16FN3O2S. The Kier molecular flexibility index (Phi) is 4.71. The number of nitrogens with one attached hydrogen (secondary N) is 2. The van der Waals surface area contributed by atoms with E-state index in [1.165, 1.54) is 23.5 Å². The van der Waals surface area contributed by atoms with Gasteiger partial charge < -0.3 is 5.32 Å². The molecule has 3 rings (SSSR count). The van der Waals surface area contributed by atoms with Crippen molar-refractivity contribution in [3.05, 3.63) is 47.1 Å². The topological polar surface area (TPSA) is 70.6 Å². The van der Waals surface area contributed by atoms with E-state index in [9.17, 15) is 14.0 Å². The number of carbonyl (C=O) groups is 2. The van der Waals surface area contributed by atoms with Gasteiger partial charge in [0.2, 0.25) is 5.91 Å². The van der Waals surface area contributed by atoms with E-state index < -0.39 is 0 Å². The quantitative estimate of drug-likeness (QED) is 0.875. The van der Waals surface area contributed by atoms with Gasteiger partial charge >= 0.3 is 0 Å². The highest BCUT2D eigenvalue weighted by Crippen LogP contribution is 2.28. The molecule has 1 aliphatic heterocycles. The second kappa shape index (κ2) is 6.92. The van der Waals surface area contributed by atoms with Crippen molar-refractivity contribution in [2.24, 2.45) is 11.0 Å². The Balaban J connectivity index is 1.57. The molecule has 1 aromatic carbocycles. The Morgan fingerprint density at radius 3 is 2.71 bits per heavy atom. The molecule has 5 nitrogen and oxygen atoms in total. The molecule has 1 aromatic heterocycles. The lowest BCUT2D eigenvalue weighted by Crippen LogP contribution is -2.29. The molecule has 1 atom stereocenters. The Morgan fingerprint density at radius 2 is 2.04 bits per heavy atom. The van der Waals surface area contributed by atoms with Crippen LogP contribution in [-0.2, 0) is 4.79 Å². The van der Waals surface area contributed by atoms with Gasteiger partial charge in [0.15, 0.2) is 0 Å². The summed E-state index contributed by atoms with van der Waals surface area (Å²) >= 11 is 1.35. The monoisotopic (exact) mass is 345 g/mol. The van der Waals surface area contributed by atoms with E-state index in [0.29, 0.717) is 17.8 Å². The number of hydrazone groups is 1. The molecule has 0 radical (unpaired) electrons. The van der Waals surface area contributed by atoms with Crippen molar-refractivity contribution in [1.29, 1.82) is 0 Å². The summed E-state index contributed by atoms with van der Waals surface area (Å²) in [6.45, 7) is 2.19. The van der Waals surface area contributed by atoms with E-state index >= 15 is 0 Å². The predicted molar refractivity (Wildman–Crippen MR) is 91.4 cm³/mol. The zero-order valence-electron chi connectivity index (χ0n) is 13.0. The lowest BCUT2D eigenvalue weighted by molar-refractivity contribution is -0.122. The number of benzene rings is 1. The van der Waals surface area contributed by atoms with Crippen LogP contribution in [0.5, 0.6) is 0 Å². The first-order chi connectivity index (χ1) is 11.5. The highest BCUT2D eigenvalue weighted by molar-refractivity contribution is 7.17. The number of hydrogen-bond donors (Lipinski definition) is 2. The van der Waals surface area contributed by atoms with Crippen LogP contribution in [-0.4, -0.2) is 24.1 Å². The predicted octanol–water partition coefficient (Wildman–Crippen LogP) is 2.80. The summed E-state index contributed by atoms with van der Waals surface area (Å²) in [7, 11) is 0. The normalized spacial score (nSPS) is 16.7. The van der Waals surface area contributed by atoms with Gasteiger partial charge in [-0.2, -0.15) is 5.10 Å². The van der Waals surface area contributed by atoms with Crippen molar-refractivity contribution >= 4 is 28.9 Å². The van der Waals surface area contributed by atoms with Gasteiger partial charge in [0.05, 0.1) is 10.8 Å². The fourth-order valence-corrected chi connectivity index (χ4v) is 3.40. The minimum Gasteiger partial charge on any atom is -0.351 e. The van der Waals surface area contributed by atoms with Gasteiger partial charge in [-0.1, -0.05) is 12.1 Å². The Morgan fingerprint density at radius 1 is 1.29 bits per heavy atom. The molecule has 0 fully saturated rings. The summed E-state index contributed by atoms with van der Waals surface area (Å²) in [6.07, 6.45) is 0.517. The Labute approximate surface area is 142 Å². The average molecular weight is 345 g/mol. The molecule has 24 heavy (non-hydrogen) atoms. The van der Waals surface area contributed by atoms with Crippen molar-refractivity contribution in [1.82, 2.24) is 10.7 Å². The molecule has 0 saturated heterocycles.